The maximum absolute atomic E-state index is 9.51. The number of hydrogen-bond donors (Lipinski definition) is 0. The lowest BCUT2D eigenvalue weighted by atomic mass is 10.2. The van der Waals surface area contributed by atoms with Gasteiger partial charge in [-0.25, -0.2) is 4.98 Å². The highest BCUT2D eigenvalue weighted by atomic mass is 35.5. The van der Waals surface area contributed by atoms with Crippen LogP contribution in [0, 0.1) is 11.3 Å². The molecular weight excluding hydrogens is 368 g/mol. The van der Waals surface area contributed by atoms with Crippen molar-refractivity contribution in [2.75, 3.05) is 0 Å². The van der Waals surface area contributed by atoms with E-state index in [4.69, 9.17) is 20.4 Å². The third-order valence-electron chi connectivity index (χ3n) is 3.65. The van der Waals surface area contributed by atoms with Crippen LogP contribution in [0.3, 0.4) is 0 Å². The number of furan rings is 2. The zero-order valence-electron chi connectivity index (χ0n) is 13.3. The Balaban J connectivity index is 1.64. The summed E-state index contributed by atoms with van der Waals surface area (Å²) in [5.41, 5.74) is 2.01. The molecule has 0 N–H and O–H groups in total. The summed E-state index contributed by atoms with van der Waals surface area (Å²) in [7, 11) is 0. The van der Waals surface area contributed by atoms with Gasteiger partial charge in [0.05, 0.1) is 11.8 Å². The van der Waals surface area contributed by atoms with Gasteiger partial charge < -0.3 is 8.83 Å². The summed E-state index contributed by atoms with van der Waals surface area (Å²) in [6, 6.07) is 16.9. The smallest absolute Gasteiger partial charge is 0.153 e. The molecule has 0 saturated heterocycles. The van der Waals surface area contributed by atoms with Crippen molar-refractivity contribution < 1.29 is 8.83 Å². The number of allylic oxidation sites excluding steroid dienone is 1. The van der Waals surface area contributed by atoms with Crippen LogP contribution in [0.2, 0.25) is 5.02 Å². The zero-order valence-corrected chi connectivity index (χ0v) is 14.9. The van der Waals surface area contributed by atoms with E-state index in [0.717, 1.165) is 5.56 Å². The summed E-state index contributed by atoms with van der Waals surface area (Å²) < 4.78 is 11.2. The van der Waals surface area contributed by atoms with E-state index in [2.05, 4.69) is 11.1 Å². The van der Waals surface area contributed by atoms with Gasteiger partial charge in [0.2, 0.25) is 0 Å². The van der Waals surface area contributed by atoms with Crippen molar-refractivity contribution in [1.82, 2.24) is 4.98 Å². The molecule has 0 atom stereocenters. The van der Waals surface area contributed by atoms with Gasteiger partial charge in [-0.15, -0.1) is 11.3 Å². The van der Waals surface area contributed by atoms with Crippen LogP contribution in [0.15, 0.2) is 69.0 Å². The minimum atomic E-state index is 0.430. The van der Waals surface area contributed by atoms with Crippen molar-refractivity contribution in [3.63, 3.8) is 0 Å². The first-order valence-corrected chi connectivity index (χ1v) is 8.96. The van der Waals surface area contributed by atoms with Crippen molar-refractivity contribution in [1.29, 1.82) is 5.26 Å². The lowest BCUT2D eigenvalue weighted by molar-refractivity contribution is 0.572. The predicted molar refractivity (Wildman–Crippen MR) is 102 cm³/mol. The fourth-order valence-electron chi connectivity index (χ4n) is 2.45. The summed E-state index contributed by atoms with van der Waals surface area (Å²) in [6.07, 6.45) is 3.27. The second kappa shape index (κ2) is 7.04. The Morgan fingerprint density at radius 3 is 2.85 bits per heavy atom. The molecule has 0 spiro atoms. The summed E-state index contributed by atoms with van der Waals surface area (Å²) >= 11 is 7.41. The molecule has 0 fully saturated rings. The molecule has 6 heteroatoms. The van der Waals surface area contributed by atoms with Crippen LogP contribution in [0.1, 0.15) is 10.8 Å². The molecule has 0 aliphatic rings. The Morgan fingerprint density at radius 1 is 1.15 bits per heavy atom. The van der Waals surface area contributed by atoms with Gasteiger partial charge in [0, 0.05) is 22.0 Å². The van der Waals surface area contributed by atoms with E-state index in [1.54, 1.807) is 18.4 Å². The van der Waals surface area contributed by atoms with Crippen molar-refractivity contribution in [2.24, 2.45) is 0 Å². The lowest BCUT2D eigenvalue weighted by Gasteiger charge is -1.97. The minimum Gasteiger partial charge on any atom is -0.463 e. The fourth-order valence-corrected chi connectivity index (χ4v) is 3.41. The lowest BCUT2D eigenvalue weighted by Crippen LogP contribution is -1.81. The molecule has 3 aromatic heterocycles. The van der Waals surface area contributed by atoms with Gasteiger partial charge in [0.1, 0.15) is 28.3 Å². The number of hydrogen-bond acceptors (Lipinski definition) is 5. The van der Waals surface area contributed by atoms with Gasteiger partial charge in [0.15, 0.2) is 5.76 Å². The van der Waals surface area contributed by atoms with E-state index in [9.17, 15) is 5.26 Å². The number of nitriles is 1. The van der Waals surface area contributed by atoms with Gasteiger partial charge in [-0.1, -0.05) is 23.7 Å². The normalized spacial score (nSPS) is 11.5. The Labute approximate surface area is 158 Å². The summed E-state index contributed by atoms with van der Waals surface area (Å²) in [5, 5.41) is 12.6. The Hall–Kier alpha value is -3.07. The number of benzene rings is 1. The van der Waals surface area contributed by atoms with Crippen molar-refractivity contribution in [2.45, 2.75) is 0 Å². The fraction of sp³-hybridized carbons (Fsp3) is 0. The topological polar surface area (TPSA) is 63.0 Å². The quantitative estimate of drug-likeness (QED) is 0.386. The average molecular weight is 379 g/mol. The van der Waals surface area contributed by atoms with Gasteiger partial charge in [-0.3, -0.25) is 0 Å². The molecule has 1 aromatic carbocycles. The van der Waals surface area contributed by atoms with Gasteiger partial charge in [-0.2, -0.15) is 5.26 Å². The molecule has 0 radical (unpaired) electrons. The summed E-state index contributed by atoms with van der Waals surface area (Å²) in [4.78, 5) is 4.47. The highest BCUT2D eigenvalue weighted by molar-refractivity contribution is 7.11. The second-order valence-electron chi connectivity index (χ2n) is 5.40. The van der Waals surface area contributed by atoms with Crippen LogP contribution < -0.4 is 0 Å². The maximum Gasteiger partial charge on any atom is 0.153 e. The van der Waals surface area contributed by atoms with Crippen molar-refractivity contribution in [3.05, 3.63) is 76.0 Å². The van der Waals surface area contributed by atoms with Gasteiger partial charge in [0.25, 0.3) is 0 Å². The van der Waals surface area contributed by atoms with E-state index in [0.29, 0.717) is 38.6 Å². The number of aromatic nitrogens is 1. The number of rotatable bonds is 4. The SMILES string of the molecule is N#C/C(=C\c1ccc(-c2cccc(Cl)c2)o1)c1nc(-c2ccco2)cs1. The number of halogens is 1. The van der Waals surface area contributed by atoms with Crippen LogP contribution in [0.4, 0.5) is 0 Å². The first-order valence-electron chi connectivity index (χ1n) is 7.70. The van der Waals surface area contributed by atoms with E-state index in [1.165, 1.54) is 11.3 Å². The first-order chi connectivity index (χ1) is 12.7. The molecule has 4 rings (SSSR count). The molecular formula is C20H11ClN2O2S. The maximum atomic E-state index is 9.51. The van der Waals surface area contributed by atoms with Gasteiger partial charge in [-0.05, 0) is 36.4 Å². The van der Waals surface area contributed by atoms with Crippen molar-refractivity contribution >= 4 is 34.6 Å². The molecule has 3 heterocycles. The van der Waals surface area contributed by atoms with E-state index < -0.39 is 0 Å². The molecule has 0 unspecified atom stereocenters. The highest BCUT2D eigenvalue weighted by Crippen LogP contribution is 2.29. The predicted octanol–water partition coefficient (Wildman–Crippen LogP) is 6.38. The van der Waals surface area contributed by atoms with E-state index >= 15 is 0 Å². The first kappa shape index (κ1) is 16.4. The molecule has 4 aromatic rings. The average Bonchev–Trinajstić information content (AvgIpc) is 3.40. The third-order valence-corrected chi connectivity index (χ3v) is 4.76. The monoisotopic (exact) mass is 378 g/mol. The highest BCUT2D eigenvalue weighted by Gasteiger charge is 2.12. The standard InChI is InChI=1S/C20H11ClN2O2S/c21-15-4-1-3-13(9-15)18-7-6-16(25-18)10-14(11-22)20-23-17(12-26-20)19-5-2-8-24-19/h1-10,12H/b14-10+. The Morgan fingerprint density at radius 2 is 2.08 bits per heavy atom. The molecule has 26 heavy (non-hydrogen) atoms. The van der Waals surface area contributed by atoms with E-state index in [1.807, 2.05) is 47.8 Å². The zero-order chi connectivity index (χ0) is 17.9. The van der Waals surface area contributed by atoms with Crippen LogP contribution in [-0.4, -0.2) is 4.98 Å². The largest absolute Gasteiger partial charge is 0.463 e. The van der Waals surface area contributed by atoms with Crippen LogP contribution in [0.5, 0.6) is 0 Å². The molecule has 0 amide bonds. The van der Waals surface area contributed by atoms with E-state index in [-0.39, 0.29) is 0 Å². The molecule has 0 bridgehead atoms. The van der Waals surface area contributed by atoms with Crippen molar-refractivity contribution in [3.8, 4) is 28.8 Å². The Bertz CT molecular complexity index is 1120. The second-order valence-corrected chi connectivity index (χ2v) is 6.69. The Kier molecular flexibility index (Phi) is 4.44. The van der Waals surface area contributed by atoms with Gasteiger partial charge >= 0.3 is 0 Å². The van der Waals surface area contributed by atoms with Crippen LogP contribution in [-0.2, 0) is 0 Å². The minimum absolute atomic E-state index is 0.430. The third kappa shape index (κ3) is 3.33. The number of thiazole rings is 1. The molecule has 0 aliphatic heterocycles. The van der Waals surface area contributed by atoms with Crippen LogP contribution in [0.25, 0.3) is 34.4 Å². The molecule has 4 nitrogen and oxygen atoms in total. The number of nitrogens with zero attached hydrogens (tertiary/aromatic N) is 2. The van der Waals surface area contributed by atoms with Crippen LogP contribution >= 0.6 is 22.9 Å². The molecule has 126 valence electrons. The summed E-state index contributed by atoms with van der Waals surface area (Å²) in [5.74, 6) is 1.93. The molecule has 0 aliphatic carbocycles. The summed E-state index contributed by atoms with van der Waals surface area (Å²) in [6.45, 7) is 0. The molecule has 0 saturated carbocycles.